The lowest BCUT2D eigenvalue weighted by molar-refractivity contribution is 0.801. The van der Waals surface area contributed by atoms with Crippen LogP contribution in [0.25, 0.3) is 0 Å². The summed E-state index contributed by atoms with van der Waals surface area (Å²) < 4.78 is 3.27. The molecule has 3 nitrogen and oxygen atoms in total. The summed E-state index contributed by atoms with van der Waals surface area (Å²) in [6, 6.07) is 6.45. The summed E-state index contributed by atoms with van der Waals surface area (Å²) in [6.07, 6.45) is 2.59. The standard InChI is InChI=1S/C12H13N3S/c1-7-2-3-10-9(4-7)13-11(15-16-10)14-12-5-8(12)6-12/h2-4,8H,5-6H2,1H3,(H2,13,14,15). The summed E-state index contributed by atoms with van der Waals surface area (Å²) in [5, 5.41) is 3.38. The van der Waals surface area contributed by atoms with Gasteiger partial charge in [0.1, 0.15) is 0 Å². The Bertz CT molecular complexity index is 503. The minimum atomic E-state index is 0.344. The van der Waals surface area contributed by atoms with Gasteiger partial charge >= 0.3 is 0 Å². The summed E-state index contributed by atoms with van der Waals surface area (Å²) in [5.74, 6) is 1.83. The van der Waals surface area contributed by atoms with E-state index in [1.807, 2.05) is 0 Å². The molecule has 2 aliphatic carbocycles. The van der Waals surface area contributed by atoms with E-state index >= 15 is 0 Å². The molecule has 0 bridgehead atoms. The van der Waals surface area contributed by atoms with Crippen molar-refractivity contribution in [2.45, 2.75) is 30.2 Å². The minimum Gasteiger partial charge on any atom is -0.325 e. The van der Waals surface area contributed by atoms with Crippen molar-refractivity contribution in [3.05, 3.63) is 23.8 Å². The molecule has 1 heterocycles. The molecule has 2 saturated carbocycles. The van der Waals surface area contributed by atoms with E-state index in [1.54, 1.807) is 11.9 Å². The molecular weight excluding hydrogens is 218 g/mol. The van der Waals surface area contributed by atoms with E-state index in [9.17, 15) is 0 Å². The zero-order chi connectivity index (χ0) is 10.8. The molecule has 0 aromatic heterocycles. The van der Waals surface area contributed by atoms with Gasteiger partial charge in [-0.3, -0.25) is 4.72 Å². The van der Waals surface area contributed by atoms with Crippen LogP contribution in [0.3, 0.4) is 0 Å². The maximum absolute atomic E-state index is 4.76. The maximum atomic E-state index is 4.76. The number of hydrogen-bond acceptors (Lipinski definition) is 2. The van der Waals surface area contributed by atoms with E-state index in [2.05, 4.69) is 35.2 Å². The Morgan fingerprint density at radius 3 is 3.00 bits per heavy atom. The van der Waals surface area contributed by atoms with E-state index < -0.39 is 0 Å². The SMILES string of the molecule is Cc1ccc2c(c1)NC(=NC13CC1C3)NS2. The molecule has 82 valence electrons. The van der Waals surface area contributed by atoms with Crippen LogP contribution in [0.2, 0.25) is 0 Å². The average molecular weight is 231 g/mol. The smallest absolute Gasteiger partial charge is 0.206 e. The molecule has 0 saturated heterocycles. The van der Waals surface area contributed by atoms with Gasteiger partial charge in [-0.25, -0.2) is 4.99 Å². The summed E-state index contributed by atoms with van der Waals surface area (Å²) in [7, 11) is 0. The molecule has 4 rings (SSSR count). The predicted molar refractivity (Wildman–Crippen MR) is 66.7 cm³/mol. The zero-order valence-electron chi connectivity index (χ0n) is 9.08. The van der Waals surface area contributed by atoms with Gasteiger partial charge in [0.2, 0.25) is 5.96 Å². The lowest BCUT2D eigenvalue weighted by Crippen LogP contribution is -2.30. The third-order valence-corrected chi connectivity index (χ3v) is 4.49. The summed E-state index contributed by atoms with van der Waals surface area (Å²) in [6.45, 7) is 2.11. The largest absolute Gasteiger partial charge is 0.325 e. The van der Waals surface area contributed by atoms with Crippen molar-refractivity contribution >= 4 is 23.6 Å². The van der Waals surface area contributed by atoms with E-state index in [1.165, 1.54) is 29.0 Å². The number of nitrogens with zero attached hydrogens (tertiary/aromatic N) is 1. The van der Waals surface area contributed by atoms with Gasteiger partial charge in [0.15, 0.2) is 0 Å². The van der Waals surface area contributed by atoms with Crippen molar-refractivity contribution < 1.29 is 0 Å². The Morgan fingerprint density at radius 1 is 1.44 bits per heavy atom. The van der Waals surface area contributed by atoms with E-state index in [4.69, 9.17) is 4.99 Å². The number of aryl methyl sites for hydroxylation is 1. The fraction of sp³-hybridized carbons (Fsp3) is 0.417. The summed E-state index contributed by atoms with van der Waals surface area (Å²) >= 11 is 1.65. The van der Waals surface area contributed by atoms with E-state index in [0.29, 0.717) is 5.54 Å². The van der Waals surface area contributed by atoms with Crippen LogP contribution in [0.4, 0.5) is 5.69 Å². The quantitative estimate of drug-likeness (QED) is 0.729. The highest BCUT2D eigenvalue weighted by atomic mass is 32.2. The maximum Gasteiger partial charge on any atom is 0.206 e. The Balaban J connectivity index is 1.65. The van der Waals surface area contributed by atoms with Crippen LogP contribution in [0.15, 0.2) is 28.1 Å². The Labute approximate surface area is 98.9 Å². The minimum absolute atomic E-state index is 0.344. The van der Waals surface area contributed by atoms with Gasteiger partial charge in [-0.1, -0.05) is 6.07 Å². The molecule has 0 unspecified atom stereocenters. The van der Waals surface area contributed by atoms with Gasteiger partial charge < -0.3 is 5.32 Å². The number of rotatable bonds is 1. The van der Waals surface area contributed by atoms with E-state index in [-0.39, 0.29) is 0 Å². The summed E-state index contributed by atoms with van der Waals surface area (Å²) in [5.41, 5.74) is 2.80. The Kier molecular flexibility index (Phi) is 1.53. The molecule has 0 radical (unpaired) electrons. The highest BCUT2D eigenvalue weighted by molar-refractivity contribution is 7.98. The van der Waals surface area contributed by atoms with Crippen LogP contribution in [0.5, 0.6) is 0 Å². The predicted octanol–water partition coefficient (Wildman–Crippen LogP) is 2.54. The molecule has 0 spiro atoms. The topological polar surface area (TPSA) is 36.4 Å². The number of anilines is 1. The van der Waals surface area contributed by atoms with Gasteiger partial charge in [0.25, 0.3) is 0 Å². The molecule has 4 heteroatoms. The first-order valence-electron chi connectivity index (χ1n) is 5.66. The average Bonchev–Trinajstić information content (AvgIpc) is 3.06. The van der Waals surface area contributed by atoms with Crippen molar-refractivity contribution in [2.24, 2.45) is 10.9 Å². The van der Waals surface area contributed by atoms with Crippen LogP contribution in [0, 0.1) is 12.8 Å². The zero-order valence-corrected chi connectivity index (χ0v) is 9.90. The third kappa shape index (κ3) is 1.26. The number of benzene rings is 1. The van der Waals surface area contributed by atoms with Crippen LogP contribution >= 0.6 is 11.9 Å². The van der Waals surface area contributed by atoms with Crippen molar-refractivity contribution in [2.75, 3.05) is 5.32 Å². The third-order valence-electron chi connectivity index (χ3n) is 3.62. The fourth-order valence-corrected chi connectivity index (χ4v) is 2.88. The highest BCUT2D eigenvalue weighted by Gasteiger charge is 2.70. The van der Waals surface area contributed by atoms with Gasteiger partial charge in [0.05, 0.1) is 16.1 Å². The number of guanidine groups is 1. The first kappa shape index (κ1) is 8.93. The molecule has 2 N–H and O–H groups in total. The second kappa shape index (κ2) is 2.74. The first-order chi connectivity index (χ1) is 7.75. The van der Waals surface area contributed by atoms with Gasteiger partial charge in [-0.15, -0.1) is 0 Å². The summed E-state index contributed by atoms with van der Waals surface area (Å²) in [4.78, 5) is 6.00. The Morgan fingerprint density at radius 2 is 2.25 bits per heavy atom. The molecule has 1 aromatic carbocycles. The van der Waals surface area contributed by atoms with Crippen LogP contribution in [-0.4, -0.2) is 11.5 Å². The fourth-order valence-electron chi connectivity index (χ4n) is 2.22. The monoisotopic (exact) mass is 231 g/mol. The number of hydrogen-bond donors (Lipinski definition) is 2. The Hall–Kier alpha value is -1.16. The van der Waals surface area contributed by atoms with Crippen LogP contribution < -0.4 is 10.0 Å². The molecule has 16 heavy (non-hydrogen) atoms. The van der Waals surface area contributed by atoms with Gasteiger partial charge in [-0.05, 0) is 55.3 Å². The number of nitrogens with one attached hydrogen (secondary N) is 2. The van der Waals surface area contributed by atoms with Crippen molar-refractivity contribution in [1.29, 1.82) is 0 Å². The normalized spacial score (nSPS) is 35.8. The lowest BCUT2D eigenvalue weighted by Gasteiger charge is -2.21. The number of aliphatic imine (C=N–C) groups is 1. The van der Waals surface area contributed by atoms with Gasteiger partial charge in [0, 0.05) is 0 Å². The van der Waals surface area contributed by atoms with Crippen molar-refractivity contribution in [3.63, 3.8) is 0 Å². The van der Waals surface area contributed by atoms with E-state index in [0.717, 1.165) is 11.9 Å². The second-order valence-electron chi connectivity index (χ2n) is 5.00. The number of fused-ring (bicyclic) bond motifs is 2. The second-order valence-corrected chi connectivity index (χ2v) is 5.85. The van der Waals surface area contributed by atoms with Crippen LogP contribution in [0.1, 0.15) is 18.4 Å². The van der Waals surface area contributed by atoms with Crippen molar-refractivity contribution in [1.82, 2.24) is 4.72 Å². The first-order valence-corrected chi connectivity index (χ1v) is 6.47. The molecule has 1 aliphatic heterocycles. The highest BCUT2D eigenvalue weighted by Crippen LogP contribution is 2.69. The molecule has 0 atom stereocenters. The molecule has 1 aromatic rings. The molecule has 3 aliphatic rings. The van der Waals surface area contributed by atoms with Crippen LogP contribution in [-0.2, 0) is 0 Å². The lowest BCUT2D eigenvalue weighted by atomic mass is 10.2. The molecule has 0 amide bonds. The molecular formula is C12H13N3S. The molecule has 2 fully saturated rings. The van der Waals surface area contributed by atoms with Crippen molar-refractivity contribution in [3.8, 4) is 0 Å². The van der Waals surface area contributed by atoms with Gasteiger partial charge in [-0.2, -0.15) is 0 Å².